The SMILES string of the molecule is CCNC(c1ccc(CC)o1)c1c(Br)cnn1CC. The Labute approximate surface area is 122 Å². The highest BCUT2D eigenvalue weighted by molar-refractivity contribution is 9.10. The van der Waals surface area contributed by atoms with Crippen LogP contribution in [-0.4, -0.2) is 16.3 Å². The fourth-order valence-corrected chi connectivity index (χ4v) is 2.71. The van der Waals surface area contributed by atoms with Gasteiger partial charge in [-0.15, -0.1) is 0 Å². The minimum Gasteiger partial charge on any atom is -0.464 e. The summed E-state index contributed by atoms with van der Waals surface area (Å²) in [5.74, 6) is 1.95. The molecule has 0 saturated heterocycles. The number of hydrogen-bond acceptors (Lipinski definition) is 3. The summed E-state index contributed by atoms with van der Waals surface area (Å²) in [6, 6.07) is 4.12. The number of aromatic nitrogens is 2. The molecule has 0 spiro atoms. The summed E-state index contributed by atoms with van der Waals surface area (Å²) in [4.78, 5) is 0. The number of nitrogens with zero attached hydrogens (tertiary/aromatic N) is 2. The first-order valence-corrected chi connectivity index (χ1v) is 7.53. The van der Waals surface area contributed by atoms with Crippen LogP contribution in [0.1, 0.15) is 44.0 Å². The summed E-state index contributed by atoms with van der Waals surface area (Å²) in [5.41, 5.74) is 1.11. The maximum atomic E-state index is 5.90. The number of nitrogens with one attached hydrogen (secondary N) is 1. The Kier molecular flexibility index (Phi) is 4.82. The van der Waals surface area contributed by atoms with E-state index in [2.05, 4.69) is 47.1 Å². The Balaban J connectivity index is 2.41. The van der Waals surface area contributed by atoms with Crippen LogP contribution in [0.15, 0.2) is 27.2 Å². The largest absolute Gasteiger partial charge is 0.464 e. The molecule has 1 atom stereocenters. The van der Waals surface area contributed by atoms with E-state index in [-0.39, 0.29) is 6.04 Å². The third-order valence-electron chi connectivity index (χ3n) is 3.13. The van der Waals surface area contributed by atoms with Crippen LogP contribution in [0.2, 0.25) is 0 Å². The topological polar surface area (TPSA) is 43.0 Å². The van der Waals surface area contributed by atoms with Crippen LogP contribution < -0.4 is 5.32 Å². The molecule has 4 nitrogen and oxygen atoms in total. The number of furan rings is 1. The van der Waals surface area contributed by atoms with Gasteiger partial charge in [-0.05, 0) is 41.5 Å². The first-order chi connectivity index (χ1) is 9.21. The third-order valence-corrected chi connectivity index (χ3v) is 3.74. The average molecular weight is 326 g/mol. The fourth-order valence-electron chi connectivity index (χ4n) is 2.19. The summed E-state index contributed by atoms with van der Waals surface area (Å²) in [5, 5.41) is 7.85. The molecule has 5 heteroatoms. The molecule has 2 aromatic heterocycles. The second-order valence-electron chi connectivity index (χ2n) is 4.34. The monoisotopic (exact) mass is 325 g/mol. The van der Waals surface area contributed by atoms with Gasteiger partial charge in [0.25, 0.3) is 0 Å². The van der Waals surface area contributed by atoms with E-state index >= 15 is 0 Å². The predicted octanol–water partition coefficient (Wildman–Crippen LogP) is 3.52. The quantitative estimate of drug-likeness (QED) is 0.883. The number of rotatable bonds is 6. The van der Waals surface area contributed by atoms with Crippen molar-refractivity contribution in [3.63, 3.8) is 0 Å². The Morgan fingerprint density at radius 3 is 2.74 bits per heavy atom. The zero-order chi connectivity index (χ0) is 13.8. The second kappa shape index (κ2) is 6.39. The van der Waals surface area contributed by atoms with Gasteiger partial charge >= 0.3 is 0 Å². The van der Waals surface area contributed by atoms with Gasteiger partial charge in [-0.1, -0.05) is 13.8 Å². The maximum absolute atomic E-state index is 5.90. The zero-order valence-electron chi connectivity index (χ0n) is 11.6. The predicted molar refractivity (Wildman–Crippen MR) is 79.2 cm³/mol. The molecular formula is C14H20BrN3O. The van der Waals surface area contributed by atoms with Crippen molar-refractivity contribution in [1.29, 1.82) is 0 Å². The van der Waals surface area contributed by atoms with Crippen molar-refractivity contribution >= 4 is 15.9 Å². The van der Waals surface area contributed by atoms with Gasteiger partial charge in [0.1, 0.15) is 17.6 Å². The molecule has 0 aliphatic heterocycles. The fraction of sp³-hybridized carbons (Fsp3) is 0.500. The van der Waals surface area contributed by atoms with E-state index < -0.39 is 0 Å². The molecule has 19 heavy (non-hydrogen) atoms. The van der Waals surface area contributed by atoms with Crippen LogP contribution in [0.4, 0.5) is 0 Å². The van der Waals surface area contributed by atoms with Crippen LogP contribution in [0.25, 0.3) is 0 Å². The average Bonchev–Trinajstić information content (AvgIpc) is 3.02. The van der Waals surface area contributed by atoms with Crippen molar-refractivity contribution in [3.05, 3.63) is 40.0 Å². The van der Waals surface area contributed by atoms with Gasteiger partial charge in [-0.3, -0.25) is 4.68 Å². The van der Waals surface area contributed by atoms with Gasteiger partial charge in [-0.2, -0.15) is 5.10 Å². The molecule has 2 heterocycles. The highest BCUT2D eigenvalue weighted by atomic mass is 79.9. The molecule has 0 aromatic carbocycles. The van der Waals surface area contributed by atoms with E-state index in [1.54, 1.807) is 0 Å². The minimum absolute atomic E-state index is 0.0297. The second-order valence-corrected chi connectivity index (χ2v) is 5.20. The van der Waals surface area contributed by atoms with Crippen molar-refractivity contribution in [2.45, 2.75) is 39.8 Å². The minimum atomic E-state index is 0.0297. The first kappa shape index (κ1) is 14.3. The van der Waals surface area contributed by atoms with E-state index in [0.717, 1.165) is 41.2 Å². The lowest BCUT2D eigenvalue weighted by atomic mass is 10.1. The molecule has 2 aromatic rings. The summed E-state index contributed by atoms with van der Waals surface area (Å²) < 4.78 is 8.90. The van der Waals surface area contributed by atoms with Crippen LogP contribution >= 0.6 is 15.9 Å². The summed E-state index contributed by atoms with van der Waals surface area (Å²) >= 11 is 3.58. The lowest BCUT2D eigenvalue weighted by Crippen LogP contribution is -2.24. The summed E-state index contributed by atoms with van der Waals surface area (Å²) in [6.45, 7) is 7.98. The lowest BCUT2D eigenvalue weighted by Gasteiger charge is -2.17. The highest BCUT2D eigenvalue weighted by Crippen LogP contribution is 2.29. The van der Waals surface area contributed by atoms with Gasteiger partial charge < -0.3 is 9.73 Å². The van der Waals surface area contributed by atoms with E-state index in [0.29, 0.717) is 0 Å². The van der Waals surface area contributed by atoms with E-state index in [9.17, 15) is 0 Å². The molecule has 104 valence electrons. The van der Waals surface area contributed by atoms with E-state index in [1.165, 1.54) is 0 Å². The first-order valence-electron chi connectivity index (χ1n) is 6.74. The van der Waals surface area contributed by atoms with Crippen LogP contribution in [0.5, 0.6) is 0 Å². The molecule has 0 fully saturated rings. The van der Waals surface area contributed by atoms with Crippen LogP contribution in [-0.2, 0) is 13.0 Å². The molecule has 2 rings (SSSR count). The number of hydrogen-bond donors (Lipinski definition) is 1. The number of halogens is 1. The standard InChI is InChI=1S/C14H20BrN3O/c1-4-10-7-8-12(19-10)13(16-5-2)14-11(15)9-17-18(14)6-3/h7-9,13,16H,4-6H2,1-3H3. The van der Waals surface area contributed by atoms with Crippen molar-refractivity contribution < 1.29 is 4.42 Å². The summed E-state index contributed by atoms with van der Waals surface area (Å²) in [6.07, 6.45) is 2.75. The molecule has 1 unspecified atom stereocenters. The normalized spacial score (nSPS) is 12.8. The molecule has 1 N–H and O–H groups in total. The van der Waals surface area contributed by atoms with Gasteiger partial charge in [0.05, 0.1) is 16.4 Å². The Morgan fingerprint density at radius 1 is 1.37 bits per heavy atom. The third kappa shape index (κ3) is 2.92. The molecule has 0 aliphatic rings. The van der Waals surface area contributed by atoms with Crippen LogP contribution in [0.3, 0.4) is 0 Å². The van der Waals surface area contributed by atoms with E-state index in [1.807, 2.05) is 23.0 Å². The maximum Gasteiger partial charge on any atom is 0.127 e. The molecule has 0 amide bonds. The molecule has 0 aliphatic carbocycles. The van der Waals surface area contributed by atoms with Crippen molar-refractivity contribution in [2.75, 3.05) is 6.54 Å². The van der Waals surface area contributed by atoms with E-state index in [4.69, 9.17) is 4.42 Å². The smallest absolute Gasteiger partial charge is 0.127 e. The zero-order valence-corrected chi connectivity index (χ0v) is 13.2. The number of aryl methyl sites for hydroxylation is 2. The van der Waals surface area contributed by atoms with Gasteiger partial charge in [0.2, 0.25) is 0 Å². The van der Waals surface area contributed by atoms with Crippen LogP contribution in [0, 0.1) is 0 Å². The van der Waals surface area contributed by atoms with Gasteiger partial charge in [-0.25, -0.2) is 0 Å². The molecule has 0 radical (unpaired) electrons. The highest BCUT2D eigenvalue weighted by Gasteiger charge is 2.23. The molecule has 0 saturated carbocycles. The lowest BCUT2D eigenvalue weighted by molar-refractivity contribution is 0.410. The summed E-state index contributed by atoms with van der Waals surface area (Å²) in [7, 11) is 0. The molecular weight excluding hydrogens is 306 g/mol. The molecule has 0 bridgehead atoms. The Morgan fingerprint density at radius 2 is 2.16 bits per heavy atom. The van der Waals surface area contributed by atoms with Gasteiger partial charge in [0, 0.05) is 13.0 Å². The van der Waals surface area contributed by atoms with Gasteiger partial charge in [0.15, 0.2) is 0 Å². The van der Waals surface area contributed by atoms with Crippen molar-refractivity contribution in [2.24, 2.45) is 0 Å². The van der Waals surface area contributed by atoms with Crippen molar-refractivity contribution in [3.8, 4) is 0 Å². The Hall–Kier alpha value is -1.07. The Bertz CT molecular complexity index is 533. The van der Waals surface area contributed by atoms with Crippen molar-refractivity contribution in [1.82, 2.24) is 15.1 Å².